The summed E-state index contributed by atoms with van der Waals surface area (Å²) >= 11 is 0. The second kappa shape index (κ2) is 4.53. The lowest BCUT2D eigenvalue weighted by atomic mass is 9.91. The lowest BCUT2D eigenvalue weighted by Crippen LogP contribution is -2.42. The Labute approximate surface area is 114 Å². The number of rotatable bonds is 1. The Hall–Kier alpha value is -0.550. The predicted molar refractivity (Wildman–Crippen MR) is 83.0 cm³/mol. The average molecular weight is 262 g/mol. The van der Waals surface area contributed by atoms with Crippen molar-refractivity contribution >= 4 is 19.6 Å². The van der Waals surface area contributed by atoms with E-state index in [4.69, 9.17) is 0 Å². The van der Waals surface area contributed by atoms with Gasteiger partial charge in [0, 0.05) is 12.2 Å². The molecule has 1 nitrogen and oxygen atoms in total. The highest BCUT2D eigenvalue weighted by atomic mass is 31.1. The van der Waals surface area contributed by atoms with Crippen LogP contribution in [0.3, 0.4) is 0 Å². The molecule has 1 atom stereocenters. The average Bonchev–Trinajstić information content (AvgIpc) is 2.55. The monoisotopic (exact) mass is 262 g/mol. The summed E-state index contributed by atoms with van der Waals surface area (Å²) in [5.41, 5.74) is 2.08. The number of para-hydroxylation sites is 1. The molecule has 0 bridgehead atoms. The van der Waals surface area contributed by atoms with Gasteiger partial charge in [-0.1, -0.05) is 65.5 Å². The van der Waals surface area contributed by atoms with Crippen LogP contribution in [-0.4, -0.2) is 12.3 Å². The number of anilines is 1. The molecule has 0 radical (unpaired) electrons. The molecule has 0 fully saturated rings. The number of hydrogen-bond donors (Lipinski definition) is 0. The zero-order valence-electron chi connectivity index (χ0n) is 12.5. The standard InChI is InChI=1S/C16H25NP/c1-15(2,3)11-17-12-9-7-8-10-13(12)18-14(17)16(4,5)6/h7-10,14H,11H2,1-6H3/q-1/t14-/m1/s1. The van der Waals surface area contributed by atoms with Crippen molar-refractivity contribution in [1.82, 2.24) is 0 Å². The SMILES string of the molecule is CC(C)(C)CN1c2ccccc2[P-][C@@H]1C(C)(C)C. The van der Waals surface area contributed by atoms with Crippen molar-refractivity contribution in [1.29, 1.82) is 0 Å². The lowest BCUT2D eigenvalue weighted by Gasteiger charge is -2.46. The lowest BCUT2D eigenvalue weighted by molar-refractivity contribution is 0.339. The molecular weight excluding hydrogens is 237 g/mol. The highest BCUT2D eigenvalue weighted by Crippen LogP contribution is 2.46. The van der Waals surface area contributed by atoms with Crippen LogP contribution >= 0.6 is 8.58 Å². The van der Waals surface area contributed by atoms with E-state index >= 15 is 0 Å². The third-order valence-electron chi connectivity index (χ3n) is 3.17. The van der Waals surface area contributed by atoms with Crippen LogP contribution in [0.2, 0.25) is 0 Å². The second-order valence-electron chi connectivity index (χ2n) is 7.55. The Morgan fingerprint density at radius 1 is 1.06 bits per heavy atom. The quantitative estimate of drug-likeness (QED) is 0.674. The van der Waals surface area contributed by atoms with E-state index in [9.17, 15) is 0 Å². The normalized spacial score (nSPS) is 21.4. The molecule has 1 aromatic carbocycles. The van der Waals surface area contributed by atoms with E-state index in [0.29, 0.717) is 16.6 Å². The van der Waals surface area contributed by atoms with Gasteiger partial charge in [-0.3, -0.25) is 0 Å². The van der Waals surface area contributed by atoms with E-state index in [1.54, 1.807) is 0 Å². The van der Waals surface area contributed by atoms with Crippen molar-refractivity contribution in [2.75, 3.05) is 11.4 Å². The summed E-state index contributed by atoms with van der Waals surface area (Å²) in [5.74, 6) is 0.592. The van der Waals surface area contributed by atoms with Gasteiger partial charge in [-0.15, -0.1) is 0 Å². The third kappa shape index (κ3) is 2.88. The first-order chi connectivity index (χ1) is 8.18. The number of nitrogens with zero attached hydrogens (tertiary/aromatic N) is 1. The van der Waals surface area contributed by atoms with Gasteiger partial charge in [0.2, 0.25) is 0 Å². The molecule has 0 spiro atoms. The molecule has 0 saturated heterocycles. The van der Waals surface area contributed by atoms with Gasteiger partial charge in [0.1, 0.15) is 0 Å². The van der Waals surface area contributed by atoms with Gasteiger partial charge in [-0.2, -0.15) is 5.30 Å². The van der Waals surface area contributed by atoms with Crippen molar-refractivity contribution in [2.45, 2.75) is 47.3 Å². The number of benzene rings is 1. The zero-order valence-corrected chi connectivity index (χ0v) is 13.4. The summed E-state index contributed by atoms with van der Waals surface area (Å²) in [6.07, 6.45) is 0. The minimum atomic E-state index is 0.311. The fourth-order valence-corrected chi connectivity index (χ4v) is 4.00. The van der Waals surface area contributed by atoms with E-state index in [-0.39, 0.29) is 0 Å². The van der Waals surface area contributed by atoms with Crippen LogP contribution in [0.1, 0.15) is 41.5 Å². The van der Waals surface area contributed by atoms with Gasteiger partial charge in [-0.05, 0) is 16.9 Å². The van der Waals surface area contributed by atoms with Gasteiger partial charge in [0.25, 0.3) is 0 Å². The maximum Gasteiger partial charge on any atom is 0.0200 e. The van der Waals surface area contributed by atoms with Crippen LogP contribution < -0.4 is 10.2 Å². The molecule has 0 aliphatic carbocycles. The fraction of sp³-hybridized carbons (Fsp3) is 0.625. The molecule has 1 heterocycles. The first-order valence-electron chi connectivity index (χ1n) is 6.75. The molecule has 2 heteroatoms. The van der Waals surface area contributed by atoms with Gasteiger partial charge >= 0.3 is 0 Å². The molecule has 0 aromatic heterocycles. The molecular formula is C16H25NP-. The van der Waals surface area contributed by atoms with E-state index in [0.717, 1.165) is 6.54 Å². The molecule has 0 amide bonds. The van der Waals surface area contributed by atoms with Crippen LogP contribution in [0.5, 0.6) is 0 Å². The molecule has 1 aliphatic rings. The summed E-state index contributed by atoms with van der Waals surface area (Å²) in [6, 6.07) is 8.87. The maximum atomic E-state index is 2.62. The Morgan fingerprint density at radius 3 is 2.22 bits per heavy atom. The van der Waals surface area contributed by atoms with Gasteiger partial charge in [0.15, 0.2) is 0 Å². The first-order valence-corrected chi connectivity index (χ1v) is 7.71. The smallest absolute Gasteiger partial charge is 0.0200 e. The van der Waals surface area contributed by atoms with Crippen LogP contribution in [-0.2, 0) is 0 Å². The molecule has 2 rings (SSSR count). The van der Waals surface area contributed by atoms with Gasteiger partial charge in [0.05, 0.1) is 0 Å². The van der Waals surface area contributed by atoms with E-state index in [1.807, 2.05) is 0 Å². The van der Waals surface area contributed by atoms with Crippen molar-refractivity contribution in [3.63, 3.8) is 0 Å². The van der Waals surface area contributed by atoms with Crippen molar-refractivity contribution in [3.05, 3.63) is 24.3 Å². The molecule has 100 valence electrons. The first kappa shape index (κ1) is 13.9. The van der Waals surface area contributed by atoms with Gasteiger partial charge in [-0.25, -0.2) is 0 Å². The fourth-order valence-electron chi connectivity index (χ4n) is 2.49. The van der Waals surface area contributed by atoms with Crippen LogP contribution in [0.15, 0.2) is 24.3 Å². The number of fused-ring (bicyclic) bond motifs is 1. The summed E-state index contributed by atoms with van der Waals surface area (Å²) < 4.78 is 0. The van der Waals surface area contributed by atoms with Crippen molar-refractivity contribution in [2.24, 2.45) is 10.8 Å². The van der Waals surface area contributed by atoms with E-state index < -0.39 is 0 Å². The Kier molecular flexibility index (Phi) is 3.49. The van der Waals surface area contributed by atoms with Crippen molar-refractivity contribution in [3.8, 4) is 0 Å². The molecule has 18 heavy (non-hydrogen) atoms. The molecule has 0 saturated carbocycles. The summed E-state index contributed by atoms with van der Waals surface area (Å²) in [6.45, 7) is 15.2. The summed E-state index contributed by atoms with van der Waals surface area (Å²) in [4.78, 5) is 2.62. The van der Waals surface area contributed by atoms with Crippen LogP contribution in [0.25, 0.3) is 0 Å². The predicted octanol–water partition coefficient (Wildman–Crippen LogP) is 4.50. The summed E-state index contributed by atoms with van der Waals surface area (Å²) in [5, 5.41) is 1.49. The van der Waals surface area contributed by atoms with Gasteiger partial charge < -0.3 is 13.5 Å². The molecule has 0 N–H and O–H groups in total. The van der Waals surface area contributed by atoms with E-state index in [2.05, 4.69) is 70.7 Å². The topological polar surface area (TPSA) is 3.24 Å². The van der Waals surface area contributed by atoms with E-state index in [1.165, 1.54) is 19.6 Å². The minimum Gasteiger partial charge on any atom is -0.478 e. The third-order valence-corrected chi connectivity index (χ3v) is 5.12. The molecule has 0 unspecified atom stereocenters. The van der Waals surface area contributed by atoms with Crippen LogP contribution in [0, 0.1) is 10.8 Å². The minimum absolute atomic E-state index is 0.311. The summed E-state index contributed by atoms with van der Waals surface area (Å²) in [7, 11) is 1.47. The zero-order chi connectivity index (χ0) is 13.6. The Balaban J connectivity index is 2.36. The molecule has 1 aliphatic heterocycles. The largest absolute Gasteiger partial charge is 0.478 e. The number of hydrogen-bond acceptors (Lipinski definition) is 1. The highest BCUT2D eigenvalue weighted by molar-refractivity contribution is 7.49. The highest BCUT2D eigenvalue weighted by Gasteiger charge is 2.30. The van der Waals surface area contributed by atoms with Crippen LogP contribution in [0.4, 0.5) is 5.69 Å². The van der Waals surface area contributed by atoms with Crippen molar-refractivity contribution < 1.29 is 0 Å². The Bertz CT molecular complexity index is 425. The molecule has 1 aromatic rings. The maximum absolute atomic E-state index is 2.62. The second-order valence-corrected chi connectivity index (χ2v) is 8.78. The Morgan fingerprint density at radius 2 is 1.67 bits per heavy atom.